The van der Waals surface area contributed by atoms with Gasteiger partial charge in [-0.15, -0.1) is 0 Å². The lowest BCUT2D eigenvalue weighted by atomic mass is 10.1. The van der Waals surface area contributed by atoms with E-state index in [9.17, 15) is 26.4 Å². The molecule has 1 aromatic carbocycles. The zero-order chi connectivity index (χ0) is 16.7. The van der Waals surface area contributed by atoms with Gasteiger partial charge in [0.15, 0.2) is 0 Å². The third kappa shape index (κ3) is 3.21. The first kappa shape index (κ1) is 17.0. The van der Waals surface area contributed by atoms with E-state index >= 15 is 0 Å². The van der Waals surface area contributed by atoms with E-state index in [4.69, 9.17) is 16.7 Å². The zero-order valence-corrected chi connectivity index (χ0v) is 12.5. The van der Waals surface area contributed by atoms with Crippen molar-refractivity contribution in [1.29, 1.82) is 0 Å². The lowest BCUT2D eigenvalue weighted by Gasteiger charge is -2.19. The molecule has 122 valence electrons. The predicted octanol–water partition coefficient (Wildman–Crippen LogP) is 2.45. The molecule has 1 fully saturated rings. The highest BCUT2D eigenvalue weighted by Crippen LogP contribution is 2.37. The molecule has 1 saturated heterocycles. The Morgan fingerprint density at radius 2 is 2.00 bits per heavy atom. The van der Waals surface area contributed by atoms with Gasteiger partial charge in [0.25, 0.3) is 0 Å². The van der Waals surface area contributed by atoms with Gasteiger partial charge in [-0.3, -0.25) is 4.79 Å². The summed E-state index contributed by atoms with van der Waals surface area (Å²) in [6.45, 7) is -0.489. The van der Waals surface area contributed by atoms with Gasteiger partial charge in [-0.2, -0.15) is 17.5 Å². The fourth-order valence-corrected chi connectivity index (χ4v) is 4.10. The Labute approximate surface area is 129 Å². The maximum Gasteiger partial charge on any atom is 0.417 e. The minimum Gasteiger partial charge on any atom is -0.481 e. The quantitative estimate of drug-likeness (QED) is 0.901. The van der Waals surface area contributed by atoms with Crippen LogP contribution in [0.3, 0.4) is 0 Å². The largest absolute Gasteiger partial charge is 0.481 e. The molecule has 10 heteroatoms. The van der Waals surface area contributed by atoms with Crippen LogP contribution in [0, 0.1) is 5.92 Å². The number of alkyl halides is 3. The molecule has 2 rings (SSSR count). The maximum atomic E-state index is 13.0. The van der Waals surface area contributed by atoms with Crippen LogP contribution in [0.2, 0.25) is 5.02 Å². The number of sulfonamides is 1. The van der Waals surface area contributed by atoms with Crippen LogP contribution in [0.25, 0.3) is 0 Å². The molecule has 0 amide bonds. The number of hydrogen-bond acceptors (Lipinski definition) is 3. The van der Waals surface area contributed by atoms with E-state index in [-0.39, 0.29) is 24.5 Å². The molecule has 0 saturated carbocycles. The number of nitrogens with zero attached hydrogens (tertiary/aromatic N) is 1. The second kappa shape index (κ2) is 5.71. The average Bonchev–Trinajstić information content (AvgIpc) is 2.87. The van der Waals surface area contributed by atoms with Crippen molar-refractivity contribution in [2.45, 2.75) is 17.5 Å². The molecule has 0 aromatic heterocycles. The maximum absolute atomic E-state index is 13.0. The van der Waals surface area contributed by atoms with Crippen LogP contribution in [0.4, 0.5) is 13.2 Å². The van der Waals surface area contributed by atoms with E-state index in [1.54, 1.807) is 0 Å². The summed E-state index contributed by atoms with van der Waals surface area (Å²) >= 11 is 5.51. The summed E-state index contributed by atoms with van der Waals surface area (Å²) in [5.41, 5.74) is -1.36. The normalized spacial score (nSPS) is 20.3. The number of benzene rings is 1. The summed E-state index contributed by atoms with van der Waals surface area (Å²) in [5.74, 6) is -2.10. The molecule has 1 atom stereocenters. The summed E-state index contributed by atoms with van der Waals surface area (Å²) in [4.78, 5) is 9.94. The number of aliphatic carboxylic acids is 1. The number of carboxylic acid groups (broad SMARTS) is 1. The lowest BCUT2D eigenvalue weighted by molar-refractivity contribution is -0.141. The van der Waals surface area contributed by atoms with Crippen molar-refractivity contribution < 1.29 is 31.5 Å². The van der Waals surface area contributed by atoms with Crippen molar-refractivity contribution >= 4 is 27.6 Å². The monoisotopic (exact) mass is 357 g/mol. The first-order chi connectivity index (χ1) is 10.0. The third-order valence-electron chi connectivity index (χ3n) is 3.37. The van der Waals surface area contributed by atoms with Crippen LogP contribution in [-0.4, -0.2) is 36.9 Å². The zero-order valence-electron chi connectivity index (χ0n) is 11.0. The smallest absolute Gasteiger partial charge is 0.417 e. The van der Waals surface area contributed by atoms with Gasteiger partial charge in [-0.1, -0.05) is 11.6 Å². The molecular formula is C12H11ClF3NO4S. The van der Waals surface area contributed by atoms with Gasteiger partial charge in [-0.25, -0.2) is 8.42 Å². The summed E-state index contributed by atoms with van der Waals surface area (Å²) in [7, 11) is -4.44. The van der Waals surface area contributed by atoms with Crippen LogP contribution < -0.4 is 0 Å². The summed E-state index contributed by atoms with van der Waals surface area (Å²) < 4.78 is 64.5. The number of carbonyl (C=O) groups is 1. The summed E-state index contributed by atoms with van der Waals surface area (Å²) in [6.07, 6.45) is -4.83. The molecular weight excluding hydrogens is 347 g/mol. The van der Waals surface area contributed by atoms with Gasteiger partial charge in [0.1, 0.15) is 0 Å². The number of halogens is 4. The Balaban J connectivity index is 2.45. The Kier molecular flexibility index (Phi) is 4.42. The molecule has 1 heterocycles. The molecule has 22 heavy (non-hydrogen) atoms. The Bertz CT molecular complexity index is 705. The van der Waals surface area contributed by atoms with Crippen molar-refractivity contribution in [3.63, 3.8) is 0 Å². The second-order valence-electron chi connectivity index (χ2n) is 4.83. The Morgan fingerprint density at radius 3 is 2.50 bits per heavy atom. The van der Waals surface area contributed by atoms with Crippen molar-refractivity contribution in [2.24, 2.45) is 5.92 Å². The molecule has 1 aromatic rings. The van der Waals surface area contributed by atoms with Crippen LogP contribution in [0.5, 0.6) is 0 Å². The Morgan fingerprint density at radius 1 is 1.36 bits per heavy atom. The molecule has 0 radical (unpaired) electrons. The second-order valence-corrected chi connectivity index (χ2v) is 7.17. The average molecular weight is 358 g/mol. The van der Waals surface area contributed by atoms with Crippen LogP contribution in [0.1, 0.15) is 12.0 Å². The van der Waals surface area contributed by atoms with E-state index in [1.807, 2.05) is 0 Å². The third-order valence-corrected chi connectivity index (χ3v) is 5.52. The van der Waals surface area contributed by atoms with E-state index in [0.717, 1.165) is 16.4 Å². The first-order valence-corrected chi connectivity index (χ1v) is 7.95. The van der Waals surface area contributed by atoms with Gasteiger partial charge in [0, 0.05) is 18.1 Å². The fraction of sp³-hybridized carbons (Fsp3) is 0.417. The minimum absolute atomic E-state index is 0.0590. The molecule has 0 unspecified atom stereocenters. The highest BCUT2D eigenvalue weighted by molar-refractivity contribution is 7.89. The SMILES string of the molecule is O=C(O)[C@H]1CCN(S(=O)(=O)c2ccc(Cl)cc2C(F)(F)F)C1. The standard InChI is InChI=1S/C12H11ClF3NO4S/c13-8-1-2-10(9(5-8)12(14,15)16)22(20,21)17-4-3-7(6-17)11(18)19/h1-2,5,7H,3-4,6H2,(H,18,19)/t7-/m0/s1. The van der Waals surface area contributed by atoms with Gasteiger partial charge >= 0.3 is 12.1 Å². The number of carboxylic acids is 1. The summed E-state index contributed by atoms with van der Waals surface area (Å²) in [5, 5.41) is 8.63. The summed E-state index contributed by atoms with van der Waals surface area (Å²) in [6, 6.07) is 2.38. The van der Waals surface area contributed by atoms with E-state index in [0.29, 0.717) is 6.07 Å². The van der Waals surface area contributed by atoms with Gasteiger partial charge < -0.3 is 5.11 Å². The van der Waals surface area contributed by atoms with Crippen LogP contribution >= 0.6 is 11.6 Å². The highest BCUT2D eigenvalue weighted by atomic mass is 35.5. The van der Waals surface area contributed by atoms with Crippen molar-refractivity contribution in [2.75, 3.05) is 13.1 Å². The van der Waals surface area contributed by atoms with Gasteiger partial charge in [0.05, 0.1) is 16.4 Å². The topological polar surface area (TPSA) is 74.7 Å². The molecule has 1 aliphatic heterocycles. The van der Waals surface area contributed by atoms with E-state index in [1.165, 1.54) is 0 Å². The molecule has 0 spiro atoms. The predicted molar refractivity (Wildman–Crippen MR) is 71.0 cm³/mol. The molecule has 0 aliphatic carbocycles. The number of hydrogen-bond donors (Lipinski definition) is 1. The molecule has 5 nitrogen and oxygen atoms in total. The highest BCUT2D eigenvalue weighted by Gasteiger charge is 2.42. The molecule has 1 aliphatic rings. The van der Waals surface area contributed by atoms with Crippen LogP contribution in [-0.2, 0) is 21.0 Å². The molecule has 0 bridgehead atoms. The van der Waals surface area contributed by atoms with Gasteiger partial charge in [0.2, 0.25) is 10.0 Å². The van der Waals surface area contributed by atoms with E-state index in [2.05, 4.69) is 0 Å². The Hall–Kier alpha value is -1.32. The van der Waals surface area contributed by atoms with E-state index < -0.39 is 38.5 Å². The fourth-order valence-electron chi connectivity index (χ4n) is 2.24. The van der Waals surface area contributed by atoms with Crippen molar-refractivity contribution in [3.05, 3.63) is 28.8 Å². The van der Waals surface area contributed by atoms with Crippen molar-refractivity contribution in [3.8, 4) is 0 Å². The van der Waals surface area contributed by atoms with Crippen molar-refractivity contribution in [1.82, 2.24) is 4.31 Å². The van der Waals surface area contributed by atoms with Gasteiger partial charge in [-0.05, 0) is 24.6 Å². The molecule has 1 N–H and O–H groups in total. The van der Waals surface area contributed by atoms with Crippen LogP contribution in [0.15, 0.2) is 23.1 Å². The lowest BCUT2D eigenvalue weighted by Crippen LogP contribution is -2.31. The number of rotatable bonds is 3. The minimum atomic E-state index is -4.89. The first-order valence-electron chi connectivity index (χ1n) is 6.13.